The van der Waals surface area contributed by atoms with Gasteiger partial charge in [-0.05, 0) is 42.5 Å². The minimum atomic E-state index is -0.622. The molecule has 0 aromatic heterocycles. The first-order valence-corrected chi connectivity index (χ1v) is 9.86. The fraction of sp³-hybridized carbons (Fsp3) is 0.211. The van der Waals surface area contributed by atoms with Crippen molar-refractivity contribution < 1.29 is 19.1 Å². The quantitative estimate of drug-likeness (QED) is 0.641. The van der Waals surface area contributed by atoms with Crippen LogP contribution < -0.4 is 10.2 Å². The van der Waals surface area contributed by atoms with Crippen molar-refractivity contribution in [3.63, 3.8) is 0 Å². The molecule has 0 spiro atoms. The molecule has 1 atom stereocenters. The van der Waals surface area contributed by atoms with Crippen molar-refractivity contribution in [3.8, 4) is 0 Å². The van der Waals surface area contributed by atoms with Crippen LogP contribution in [0.5, 0.6) is 0 Å². The molecule has 0 aliphatic carbocycles. The van der Waals surface area contributed by atoms with Gasteiger partial charge in [0, 0.05) is 28.1 Å². The van der Waals surface area contributed by atoms with E-state index in [1.54, 1.807) is 24.3 Å². The van der Waals surface area contributed by atoms with Crippen LogP contribution in [-0.4, -0.2) is 30.9 Å². The summed E-state index contributed by atoms with van der Waals surface area (Å²) in [6.45, 7) is -0.259. The van der Waals surface area contributed by atoms with E-state index in [1.807, 2.05) is 12.1 Å². The molecule has 0 radical (unpaired) electrons. The zero-order valence-electron chi connectivity index (χ0n) is 14.5. The van der Waals surface area contributed by atoms with Crippen molar-refractivity contribution in [1.82, 2.24) is 0 Å². The maximum Gasteiger partial charge on any atom is 0.311 e. The number of ether oxygens (including phenoxy) is 1. The van der Waals surface area contributed by atoms with E-state index in [4.69, 9.17) is 27.9 Å². The van der Waals surface area contributed by atoms with Crippen molar-refractivity contribution in [1.29, 1.82) is 0 Å². The highest BCUT2D eigenvalue weighted by Gasteiger charge is 2.36. The monoisotopic (exact) mass is 484 g/mol. The average molecular weight is 486 g/mol. The molecule has 1 fully saturated rings. The molecule has 1 N–H and O–H groups in total. The molecule has 2 aromatic carbocycles. The van der Waals surface area contributed by atoms with E-state index < -0.39 is 24.4 Å². The summed E-state index contributed by atoms with van der Waals surface area (Å²) in [5.41, 5.74) is 1.07. The Morgan fingerprint density at radius 2 is 1.89 bits per heavy atom. The lowest BCUT2D eigenvalue weighted by atomic mass is 10.1. The Kier molecular flexibility index (Phi) is 6.59. The average Bonchev–Trinajstić information content (AvgIpc) is 3.04. The van der Waals surface area contributed by atoms with Gasteiger partial charge in [-0.15, -0.1) is 0 Å². The molecule has 146 valence electrons. The molecular formula is C19H15BrCl2N2O4. The molecule has 0 unspecified atom stereocenters. The van der Waals surface area contributed by atoms with E-state index in [2.05, 4.69) is 21.2 Å². The number of carbonyl (C=O) groups is 3. The normalized spacial score (nSPS) is 16.2. The summed E-state index contributed by atoms with van der Waals surface area (Å²) in [6, 6.07) is 11.8. The summed E-state index contributed by atoms with van der Waals surface area (Å²) in [5, 5.41) is 3.26. The number of hydrogen-bond donors (Lipinski definition) is 1. The summed E-state index contributed by atoms with van der Waals surface area (Å²) in [5.74, 6) is -1.92. The summed E-state index contributed by atoms with van der Waals surface area (Å²) in [4.78, 5) is 38.0. The van der Waals surface area contributed by atoms with Gasteiger partial charge < -0.3 is 15.0 Å². The number of nitrogens with one attached hydrogen (secondary N) is 1. The fourth-order valence-electron chi connectivity index (χ4n) is 2.77. The van der Waals surface area contributed by atoms with Crippen LogP contribution in [0.15, 0.2) is 46.9 Å². The van der Waals surface area contributed by atoms with E-state index in [0.717, 1.165) is 4.47 Å². The highest BCUT2D eigenvalue weighted by Crippen LogP contribution is 2.27. The molecule has 1 aliphatic rings. The molecule has 0 bridgehead atoms. The molecule has 6 nitrogen and oxygen atoms in total. The van der Waals surface area contributed by atoms with Gasteiger partial charge in [0.05, 0.1) is 16.6 Å². The van der Waals surface area contributed by atoms with Gasteiger partial charge >= 0.3 is 5.97 Å². The van der Waals surface area contributed by atoms with Crippen LogP contribution in [0.25, 0.3) is 0 Å². The van der Waals surface area contributed by atoms with Crippen molar-refractivity contribution in [3.05, 3.63) is 57.0 Å². The van der Waals surface area contributed by atoms with Gasteiger partial charge in [-0.1, -0.05) is 39.1 Å². The molecule has 3 rings (SSSR count). The molecule has 1 heterocycles. The van der Waals surface area contributed by atoms with Crippen molar-refractivity contribution in [2.45, 2.75) is 6.42 Å². The van der Waals surface area contributed by atoms with Gasteiger partial charge in [-0.2, -0.15) is 0 Å². The van der Waals surface area contributed by atoms with E-state index in [9.17, 15) is 14.4 Å². The lowest BCUT2D eigenvalue weighted by Gasteiger charge is -2.16. The van der Waals surface area contributed by atoms with Crippen molar-refractivity contribution >= 4 is 68.3 Å². The second-order valence-corrected chi connectivity index (χ2v) is 7.92. The predicted octanol–water partition coefficient (Wildman–Crippen LogP) is 4.29. The van der Waals surface area contributed by atoms with E-state index in [1.165, 1.54) is 11.0 Å². The Morgan fingerprint density at radius 3 is 2.57 bits per heavy atom. The third-order valence-corrected chi connectivity index (χ3v) is 5.22. The molecule has 2 aromatic rings. The standard InChI is InChI=1S/C19H15BrCl2N2O4/c20-12-1-4-14(5-2-12)24-9-11(7-18(24)26)19(27)28-10-17(25)23-16-6-3-13(21)8-15(16)22/h1-6,8,11H,7,9-10H2,(H,23,25)/t11-/m0/s1. The van der Waals surface area contributed by atoms with Gasteiger partial charge in [0.15, 0.2) is 6.61 Å². The molecule has 9 heteroatoms. The van der Waals surface area contributed by atoms with Crippen LogP contribution in [0.1, 0.15) is 6.42 Å². The lowest BCUT2D eigenvalue weighted by Crippen LogP contribution is -2.28. The first-order valence-electron chi connectivity index (χ1n) is 8.31. The Labute approximate surface area is 179 Å². The van der Waals surface area contributed by atoms with Gasteiger partial charge in [0.2, 0.25) is 5.91 Å². The minimum Gasteiger partial charge on any atom is -0.455 e. The molecule has 1 aliphatic heterocycles. The third kappa shape index (κ3) is 5.04. The molecular weight excluding hydrogens is 471 g/mol. The van der Waals surface area contributed by atoms with E-state index >= 15 is 0 Å². The number of anilines is 2. The predicted molar refractivity (Wildman–Crippen MR) is 111 cm³/mol. The number of hydrogen-bond acceptors (Lipinski definition) is 4. The molecule has 2 amide bonds. The van der Waals surface area contributed by atoms with Gasteiger partial charge in [-0.25, -0.2) is 0 Å². The highest BCUT2D eigenvalue weighted by molar-refractivity contribution is 9.10. The van der Waals surface area contributed by atoms with Crippen LogP contribution >= 0.6 is 39.1 Å². The van der Waals surface area contributed by atoms with Crippen molar-refractivity contribution in [2.24, 2.45) is 5.92 Å². The highest BCUT2D eigenvalue weighted by atomic mass is 79.9. The second kappa shape index (κ2) is 8.94. The number of esters is 1. The minimum absolute atomic E-state index is 0.0412. The number of benzene rings is 2. The van der Waals surface area contributed by atoms with E-state index in [-0.39, 0.29) is 23.9 Å². The van der Waals surface area contributed by atoms with Gasteiger partial charge in [0.25, 0.3) is 5.91 Å². The number of amides is 2. The number of nitrogens with zero attached hydrogens (tertiary/aromatic N) is 1. The smallest absolute Gasteiger partial charge is 0.311 e. The van der Waals surface area contributed by atoms with Crippen LogP contribution in [0.3, 0.4) is 0 Å². The zero-order valence-corrected chi connectivity index (χ0v) is 17.6. The van der Waals surface area contributed by atoms with Crippen LogP contribution in [-0.2, 0) is 19.1 Å². The molecule has 0 saturated carbocycles. The first kappa shape index (κ1) is 20.6. The molecule has 28 heavy (non-hydrogen) atoms. The van der Waals surface area contributed by atoms with Gasteiger partial charge in [-0.3, -0.25) is 14.4 Å². The summed E-state index contributed by atoms with van der Waals surface area (Å²) in [7, 11) is 0. The molecule has 1 saturated heterocycles. The Balaban J connectivity index is 1.53. The Bertz CT molecular complexity index is 921. The van der Waals surface area contributed by atoms with Crippen LogP contribution in [0.4, 0.5) is 11.4 Å². The Morgan fingerprint density at radius 1 is 1.18 bits per heavy atom. The van der Waals surface area contributed by atoms with Crippen LogP contribution in [0, 0.1) is 5.92 Å². The Hall–Kier alpha value is -2.09. The maximum absolute atomic E-state index is 12.3. The summed E-state index contributed by atoms with van der Waals surface area (Å²) in [6.07, 6.45) is 0.0412. The first-order chi connectivity index (χ1) is 13.3. The fourth-order valence-corrected chi connectivity index (χ4v) is 3.49. The van der Waals surface area contributed by atoms with Crippen LogP contribution in [0.2, 0.25) is 10.0 Å². The topological polar surface area (TPSA) is 75.7 Å². The summed E-state index contributed by atoms with van der Waals surface area (Å²) < 4.78 is 5.96. The maximum atomic E-state index is 12.3. The second-order valence-electron chi connectivity index (χ2n) is 6.16. The lowest BCUT2D eigenvalue weighted by molar-refractivity contribution is -0.151. The zero-order chi connectivity index (χ0) is 20.3. The van der Waals surface area contributed by atoms with Gasteiger partial charge in [0.1, 0.15) is 0 Å². The van der Waals surface area contributed by atoms with E-state index in [0.29, 0.717) is 16.4 Å². The number of carbonyl (C=O) groups excluding carboxylic acids is 3. The SMILES string of the molecule is O=C(COC(=O)[C@H]1CC(=O)N(c2ccc(Br)cc2)C1)Nc1ccc(Cl)cc1Cl. The largest absolute Gasteiger partial charge is 0.455 e. The summed E-state index contributed by atoms with van der Waals surface area (Å²) >= 11 is 15.1. The number of halogens is 3. The number of rotatable bonds is 5. The van der Waals surface area contributed by atoms with Crippen molar-refractivity contribution in [2.75, 3.05) is 23.4 Å². The third-order valence-electron chi connectivity index (χ3n) is 4.15.